The van der Waals surface area contributed by atoms with Crippen LogP contribution in [0.15, 0.2) is 24.3 Å². The molecule has 0 aliphatic carbocycles. The molecule has 0 radical (unpaired) electrons. The first-order valence-corrected chi connectivity index (χ1v) is 12.7. The average molecular weight is 470 g/mol. The highest BCUT2D eigenvalue weighted by Gasteiger charge is 2.21. The van der Waals surface area contributed by atoms with Crippen LogP contribution in [0.3, 0.4) is 0 Å². The molecule has 190 valence electrons. The number of aromatic hydroxyl groups is 2. The van der Waals surface area contributed by atoms with E-state index in [0.29, 0.717) is 24.6 Å². The molecule has 2 aromatic carbocycles. The van der Waals surface area contributed by atoms with E-state index < -0.39 is 0 Å². The highest BCUT2D eigenvalue weighted by Crippen LogP contribution is 2.34. The number of benzene rings is 2. The molecule has 2 rings (SSSR count). The molecule has 0 amide bonds. The van der Waals surface area contributed by atoms with Crippen LogP contribution in [-0.4, -0.2) is 33.4 Å². The van der Waals surface area contributed by atoms with Gasteiger partial charge in [-0.2, -0.15) is 0 Å². The van der Waals surface area contributed by atoms with E-state index in [2.05, 4.69) is 70.7 Å². The maximum absolute atomic E-state index is 10.9. The molecule has 0 spiro atoms. The van der Waals surface area contributed by atoms with Crippen molar-refractivity contribution in [2.45, 2.75) is 105 Å². The predicted octanol–water partition coefficient (Wildman–Crippen LogP) is 6.86. The molecule has 2 aromatic rings. The molecule has 4 heteroatoms. The van der Waals surface area contributed by atoms with E-state index in [1.807, 2.05) is 13.8 Å². The third-order valence-electron chi connectivity index (χ3n) is 6.66. The van der Waals surface area contributed by atoms with Crippen LogP contribution in [0.5, 0.6) is 11.5 Å². The number of aliphatic hydroxyl groups is 1. The van der Waals surface area contributed by atoms with Crippen LogP contribution in [0.25, 0.3) is 0 Å². The van der Waals surface area contributed by atoms with E-state index in [1.54, 1.807) is 0 Å². The van der Waals surface area contributed by atoms with Gasteiger partial charge in [0.2, 0.25) is 0 Å². The minimum atomic E-state index is -0.00124. The summed E-state index contributed by atoms with van der Waals surface area (Å²) in [6.07, 6.45) is 3.91. The Morgan fingerprint density at radius 3 is 1.44 bits per heavy atom. The van der Waals surface area contributed by atoms with Crippen molar-refractivity contribution in [1.29, 1.82) is 0 Å². The molecule has 0 saturated carbocycles. The first kappa shape index (κ1) is 28.2. The number of aliphatic hydroxyl groups excluding tert-OH is 1. The van der Waals surface area contributed by atoms with Crippen molar-refractivity contribution < 1.29 is 15.3 Å². The van der Waals surface area contributed by atoms with Gasteiger partial charge in [-0.25, -0.2) is 0 Å². The molecular formula is C30H47NO3. The summed E-state index contributed by atoms with van der Waals surface area (Å²) >= 11 is 0. The van der Waals surface area contributed by atoms with E-state index in [0.717, 1.165) is 54.5 Å². The summed E-state index contributed by atoms with van der Waals surface area (Å²) in [6, 6.07) is 8.44. The summed E-state index contributed by atoms with van der Waals surface area (Å²) in [6.45, 7) is 19.4. The molecule has 34 heavy (non-hydrogen) atoms. The predicted molar refractivity (Wildman–Crippen MR) is 143 cm³/mol. The SMILES string of the molecule is Cc1cc(C(C)(C)C)cc(CN(CCCCCCO)Cc2cc(C(C)(C)C)cc(C)c2O)c1O. The van der Waals surface area contributed by atoms with E-state index in [1.165, 1.54) is 11.1 Å². The minimum absolute atomic E-state index is 0.00124. The van der Waals surface area contributed by atoms with Gasteiger partial charge in [0.1, 0.15) is 11.5 Å². The topological polar surface area (TPSA) is 63.9 Å². The molecule has 4 nitrogen and oxygen atoms in total. The maximum Gasteiger partial charge on any atom is 0.122 e. The highest BCUT2D eigenvalue weighted by molar-refractivity contribution is 5.46. The quantitative estimate of drug-likeness (QED) is 0.332. The third-order valence-corrected chi connectivity index (χ3v) is 6.66. The molecule has 0 aromatic heterocycles. The van der Waals surface area contributed by atoms with Gasteiger partial charge in [0.25, 0.3) is 0 Å². The zero-order chi connectivity index (χ0) is 25.7. The zero-order valence-electron chi connectivity index (χ0n) is 22.8. The van der Waals surface area contributed by atoms with Crippen molar-refractivity contribution in [2.75, 3.05) is 13.2 Å². The van der Waals surface area contributed by atoms with Crippen LogP contribution in [0, 0.1) is 13.8 Å². The Morgan fingerprint density at radius 2 is 1.06 bits per heavy atom. The second-order valence-electron chi connectivity index (χ2n) is 12.0. The Morgan fingerprint density at radius 1 is 0.647 bits per heavy atom. The maximum atomic E-state index is 10.9. The summed E-state index contributed by atoms with van der Waals surface area (Å²) in [7, 11) is 0. The molecule has 3 N–H and O–H groups in total. The Bertz CT molecular complexity index is 879. The van der Waals surface area contributed by atoms with Gasteiger partial charge in [0.15, 0.2) is 0 Å². The highest BCUT2D eigenvalue weighted by atomic mass is 16.3. The van der Waals surface area contributed by atoms with Crippen molar-refractivity contribution in [3.63, 3.8) is 0 Å². The first-order chi connectivity index (χ1) is 15.7. The number of phenolic OH excluding ortho intramolecular Hbond substituents is 2. The Balaban J connectivity index is 2.39. The summed E-state index contributed by atoms with van der Waals surface area (Å²) in [5.41, 5.74) is 6.10. The molecule has 0 aliphatic heterocycles. The standard InChI is InChI=1S/C30H47NO3/c1-21-15-25(29(3,4)5)17-23(27(21)33)19-31(13-11-9-10-12-14-32)20-24-18-26(30(6,7)8)16-22(2)28(24)34/h15-18,32-34H,9-14,19-20H2,1-8H3. The third kappa shape index (κ3) is 7.74. The van der Waals surface area contributed by atoms with Crippen LogP contribution in [0.2, 0.25) is 0 Å². The van der Waals surface area contributed by atoms with Gasteiger partial charge in [0, 0.05) is 30.8 Å². The van der Waals surface area contributed by atoms with Gasteiger partial charge >= 0.3 is 0 Å². The van der Waals surface area contributed by atoms with Crippen LogP contribution >= 0.6 is 0 Å². The number of hydrogen-bond donors (Lipinski definition) is 3. The van der Waals surface area contributed by atoms with Crippen LogP contribution < -0.4 is 0 Å². The number of rotatable bonds is 10. The van der Waals surface area contributed by atoms with Gasteiger partial charge in [-0.1, -0.05) is 78.6 Å². The molecule has 0 aliphatic rings. The molecule has 0 heterocycles. The molecule has 0 atom stereocenters. The lowest BCUT2D eigenvalue weighted by Gasteiger charge is -2.28. The van der Waals surface area contributed by atoms with Crippen molar-refractivity contribution in [3.8, 4) is 11.5 Å². The smallest absolute Gasteiger partial charge is 0.122 e. The van der Waals surface area contributed by atoms with Crippen molar-refractivity contribution in [1.82, 2.24) is 4.90 Å². The van der Waals surface area contributed by atoms with Crippen LogP contribution in [-0.2, 0) is 23.9 Å². The monoisotopic (exact) mass is 469 g/mol. The van der Waals surface area contributed by atoms with E-state index in [-0.39, 0.29) is 17.4 Å². The second kappa shape index (κ2) is 11.6. The van der Waals surface area contributed by atoms with E-state index >= 15 is 0 Å². The summed E-state index contributed by atoms with van der Waals surface area (Å²) < 4.78 is 0. The van der Waals surface area contributed by atoms with Crippen LogP contribution in [0.4, 0.5) is 0 Å². The van der Waals surface area contributed by atoms with Gasteiger partial charge in [0.05, 0.1) is 0 Å². The first-order valence-electron chi connectivity index (χ1n) is 12.7. The zero-order valence-corrected chi connectivity index (χ0v) is 22.8. The molecule has 0 fully saturated rings. The number of aryl methyl sites for hydroxylation is 2. The number of nitrogens with zero attached hydrogens (tertiary/aromatic N) is 1. The van der Waals surface area contributed by atoms with E-state index in [9.17, 15) is 10.2 Å². The lowest BCUT2D eigenvalue weighted by molar-refractivity contribution is 0.239. The summed E-state index contributed by atoms with van der Waals surface area (Å²) in [5.74, 6) is 0.726. The number of phenols is 2. The van der Waals surface area contributed by atoms with Gasteiger partial charge in [-0.3, -0.25) is 4.90 Å². The lowest BCUT2D eigenvalue weighted by Crippen LogP contribution is -2.25. The number of hydrogen-bond acceptors (Lipinski definition) is 4. The molecule has 0 saturated heterocycles. The fourth-order valence-electron chi connectivity index (χ4n) is 4.31. The minimum Gasteiger partial charge on any atom is -0.507 e. The van der Waals surface area contributed by atoms with Crippen molar-refractivity contribution >= 4 is 0 Å². The Hall–Kier alpha value is -2.04. The fourth-order valence-corrected chi connectivity index (χ4v) is 4.31. The van der Waals surface area contributed by atoms with Gasteiger partial charge in [-0.15, -0.1) is 0 Å². The normalized spacial score (nSPS) is 12.5. The van der Waals surface area contributed by atoms with Crippen molar-refractivity contribution in [3.05, 3.63) is 57.6 Å². The Labute approximate surface area is 207 Å². The molecule has 0 unspecified atom stereocenters. The lowest BCUT2D eigenvalue weighted by atomic mass is 9.84. The fraction of sp³-hybridized carbons (Fsp3) is 0.600. The molecule has 0 bridgehead atoms. The second-order valence-corrected chi connectivity index (χ2v) is 12.0. The summed E-state index contributed by atoms with van der Waals surface area (Å²) in [5, 5.41) is 30.9. The largest absolute Gasteiger partial charge is 0.507 e. The number of unbranched alkanes of at least 4 members (excludes halogenated alkanes) is 3. The van der Waals surface area contributed by atoms with E-state index in [4.69, 9.17) is 5.11 Å². The van der Waals surface area contributed by atoms with Gasteiger partial charge < -0.3 is 15.3 Å². The van der Waals surface area contributed by atoms with Gasteiger partial charge in [-0.05, 0) is 66.3 Å². The Kier molecular flexibility index (Phi) is 9.62. The summed E-state index contributed by atoms with van der Waals surface area (Å²) in [4.78, 5) is 2.33. The van der Waals surface area contributed by atoms with Crippen molar-refractivity contribution in [2.24, 2.45) is 0 Å². The molecular weight excluding hydrogens is 422 g/mol. The average Bonchev–Trinajstić information content (AvgIpc) is 2.72. The van der Waals surface area contributed by atoms with Crippen LogP contribution in [0.1, 0.15) is 101 Å².